The summed E-state index contributed by atoms with van der Waals surface area (Å²) in [7, 11) is -3.10. The number of aryl methyl sites for hydroxylation is 3. The molecule has 1 N–H and O–H groups in total. The number of sulfone groups is 1. The van der Waals surface area contributed by atoms with E-state index < -0.39 is 9.84 Å². The van der Waals surface area contributed by atoms with E-state index in [0.29, 0.717) is 34.4 Å². The summed E-state index contributed by atoms with van der Waals surface area (Å²) >= 11 is 1.54. The zero-order valence-electron chi connectivity index (χ0n) is 18.6. The highest BCUT2D eigenvalue weighted by molar-refractivity contribution is 7.91. The first kappa shape index (κ1) is 21.8. The molecule has 1 aliphatic heterocycles. The van der Waals surface area contributed by atoms with Gasteiger partial charge in [0.05, 0.1) is 44.8 Å². The van der Waals surface area contributed by atoms with Crippen LogP contribution in [0.1, 0.15) is 39.6 Å². The van der Waals surface area contributed by atoms with Gasteiger partial charge in [0.2, 0.25) is 0 Å². The summed E-state index contributed by atoms with van der Waals surface area (Å²) < 4.78 is 25.9. The van der Waals surface area contributed by atoms with Gasteiger partial charge in [-0.3, -0.25) is 4.79 Å². The van der Waals surface area contributed by atoms with Crippen molar-refractivity contribution < 1.29 is 13.2 Å². The number of fused-ring (bicyclic) bond motifs is 1. The molecule has 1 aromatic carbocycles. The maximum atomic E-state index is 13.5. The van der Waals surface area contributed by atoms with Crippen molar-refractivity contribution in [1.29, 1.82) is 0 Å². The molecule has 4 aromatic rings. The van der Waals surface area contributed by atoms with Crippen LogP contribution >= 0.6 is 11.3 Å². The summed E-state index contributed by atoms with van der Waals surface area (Å²) in [5.41, 5.74) is 5.32. The lowest BCUT2D eigenvalue weighted by Gasteiger charge is -2.12. The van der Waals surface area contributed by atoms with Crippen LogP contribution < -0.4 is 5.32 Å². The average Bonchev–Trinajstić information content (AvgIpc) is 3.49. The molecular formula is C24H24N4O3S2. The van der Waals surface area contributed by atoms with Crippen molar-refractivity contribution in [3.63, 3.8) is 0 Å². The normalized spacial score (nSPS) is 17.5. The van der Waals surface area contributed by atoms with Crippen LogP contribution in [0.4, 0.5) is 5.69 Å². The third-order valence-electron chi connectivity index (χ3n) is 6.17. The number of nitrogens with one attached hydrogen (secondary N) is 1. The minimum Gasteiger partial charge on any atom is -0.322 e. The second-order valence-electron chi connectivity index (χ2n) is 8.57. The van der Waals surface area contributed by atoms with Crippen molar-refractivity contribution in [2.75, 3.05) is 16.8 Å². The SMILES string of the molecule is Cc1ccc(NC(=O)c2cc(-c3cccs3)nc3c2c(C)nn3C2CCS(=O)(=O)C2)cc1C. The molecule has 0 bridgehead atoms. The van der Waals surface area contributed by atoms with E-state index in [1.807, 2.05) is 56.5 Å². The summed E-state index contributed by atoms with van der Waals surface area (Å²) in [6, 6.07) is 11.2. The van der Waals surface area contributed by atoms with Gasteiger partial charge < -0.3 is 5.32 Å². The van der Waals surface area contributed by atoms with E-state index in [1.54, 1.807) is 10.7 Å². The molecule has 7 nitrogen and oxygen atoms in total. The number of aromatic nitrogens is 3. The molecule has 5 rings (SSSR count). The van der Waals surface area contributed by atoms with Gasteiger partial charge in [0.1, 0.15) is 0 Å². The Hall–Kier alpha value is -3.04. The summed E-state index contributed by atoms with van der Waals surface area (Å²) in [4.78, 5) is 19.2. The van der Waals surface area contributed by atoms with Crippen LogP contribution in [-0.2, 0) is 9.84 Å². The first-order valence-electron chi connectivity index (χ1n) is 10.7. The number of hydrogen-bond donors (Lipinski definition) is 1. The fraction of sp³-hybridized carbons (Fsp3) is 0.292. The minimum atomic E-state index is -3.10. The standard InChI is InChI=1S/C24H24N4O3S2/c1-14-6-7-17(11-15(14)2)25-24(29)19-12-20(21-5-4-9-32-21)26-23-22(19)16(3)27-28(23)18-8-10-33(30,31)13-18/h4-7,9,11-12,18H,8,10,13H2,1-3H3,(H,25,29). The van der Waals surface area contributed by atoms with Crippen LogP contribution in [0.3, 0.4) is 0 Å². The molecule has 1 unspecified atom stereocenters. The van der Waals surface area contributed by atoms with Crippen LogP contribution in [0.15, 0.2) is 41.8 Å². The van der Waals surface area contributed by atoms with Crippen LogP contribution in [0.5, 0.6) is 0 Å². The largest absolute Gasteiger partial charge is 0.322 e. The van der Waals surface area contributed by atoms with Crippen LogP contribution in [0.25, 0.3) is 21.6 Å². The lowest BCUT2D eigenvalue weighted by Crippen LogP contribution is -2.15. The molecule has 170 valence electrons. The molecule has 0 radical (unpaired) electrons. The number of rotatable bonds is 4. The quantitative estimate of drug-likeness (QED) is 0.457. The molecule has 3 aromatic heterocycles. The van der Waals surface area contributed by atoms with E-state index in [0.717, 1.165) is 21.7 Å². The molecule has 33 heavy (non-hydrogen) atoms. The van der Waals surface area contributed by atoms with Crippen LogP contribution in [-0.4, -0.2) is 40.6 Å². The van der Waals surface area contributed by atoms with Gasteiger partial charge in [-0.05, 0) is 68.0 Å². The smallest absolute Gasteiger partial charge is 0.256 e. The van der Waals surface area contributed by atoms with Crippen molar-refractivity contribution >= 4 is 43.8 Å². The number of amides is 1. The van der Waals surface area contributed by atoms with Crippen molar-refractivity contribution in [3.8, 4) is 10.6 Å². The summed E-state index contributed by atoms with van der Waals surface area (Å²) in [5, 5.41) is 10.3. The minimum absolute atomic E-state index is 0.0400. The number of carbonyl (C=O) groups excluding carboxylic acids is 1. The molecular weight excluding hydrogens is 456 g/mol. The monoisotopic (exact) mass is 480 g/mol. The lowest BCUT2D eigenvalue weighted by atomic mass is 10.1. The molecule has 1 atom stereocenters. The molecule has 1 saturated heterocycles. The van der Waals surface area contributed by atoms with Gasteiger partial charge in [-0.1, -0.05) is 12.1 Å². The Balaban J connectivity index is 1.65. The Morgan fingerprint density at radius 1 is 1.15 bits per heavy atom. The zero-order chi connectivity index (χ0) is 23.3. The van der Waals surface area contributed by atoms with E-state index in [4.69, 9.17) is 4.98 Å². The average molecular weight is 481 g/mol. The number of carbonyl (C=O) groups is 1. The highest BCUT2D eigenvalue weighted by atomic mass is 32.2. The number of thiophene rings is 1. The zero-order valence-corrected chi connectivity index (χ0v) is 20.3. The summed E-state index contributed by atoms with van der Waals surface area (Å²) in [5.74, 6) is -0.0636. The van der Waals surface area contributed by atoms with Crippen molar-refractivity contribution in [3.05, 3.63) is 64.2 Å². The Kier molecular flexibility index (Phi) is 5.33. The highest BCUT2D eigenvalue weighted by Crippen LogP contribution is 2.33. The molecule has 9 heteroatoms. The summed E-state index contributed by atoms with van der Waals surface area (Å²) in [6.07, 6.45) is 0.494. The van der Waals surface area contributed by atoms with Gasteiger partial charge in [-0.15, -0.1) is 11.3 Å². The van der Waals surface area contributed by atoms with Gasteiger partial charge in [0, 0.05) is 5.69 Å². The fourth-order valence-electron chi connectivity index (χ4n) is 4.28. The number of nitrogens with zero attached hydrogens (tertiary/aromatic N) is 3. The van der Waals surface area contributed by atoms with Crippen molar-refractivity contribution in [1.82, 2.24) is 14.8 Å². The van der Waals surface area contributed by atoms with Gasteiger partial charge in [0.15, 0.2) is 15.5 Å². The van der Waals surface area contributed by atoms with E-state index >= 15 is 0 Å². The Morgan fingerprint density at radius 2 is 1.97 bits per heavy atom. The molecule has 4 heterocycles. The fourth-order valence-corrected chi connectivity index (χ4v) is 6.66. The first-order valence-corrected chi connectivity index (χ1v) is 13.4. The van der Waals surface area contributed by atoms with Gasteiger partial charge in [0.25, 0.3) is 5.91 Å². The molecule has 1 fully saturated rings. The molecule has 1 amide bonds. The number of pyridine rings is 1. The number of benzene rings is 1. The van der Waals surface area contributed by atoms with E-state index in [9.17, 15) is 13.2 Å². The van der Waals surface area contributed by atoms with Crippen molar-refractivity contribution in [2.45, 2.75) is 33.2 Å². The van der Waals surface area contributed by atoms with Gasteiger partial charge in [-0.25, -0.2) is 18.1 Å². The van der Waals surface area contributed by atoms with Gasteiger partial charge in [-0.2, -0.15) is 5.10 Å². The molecule has 1 aliphatic rings. The lowest BCUT2D eigenvalue weighted by molar-refractivity contribution is 0.102. The van der Waals surface area contributed by atoms with Crippen LogP contribution in [0.2, 0.25) is 0 Å². The van der Waals surface area contributed by atoms with Crippen LogP contribution in [0, 0.1) is 20.8 Å². The predicted molar refractivity (Wildman–Crippen MR) is 132 cm³/mol. The molecule has 0 saturated carbocycles. The second kappa shape index (κ2) is 8.07. The number of anilines is 1. The third kappa shape index (κ3) is 4.06. The topological polar surface area (TPSA) is 93.9 Å². The maximum Gasteiger partial charge on any atom is 0.256 e. The van der Waals surface area contributed by atoms with E-state index in [-0.39, 0.29) is 23.5 Å². The Labute approximate surface area is 196 Å². The summed E-state index contributed by atoms with van der Waals surface area (Å²) in [6.45, 7) is 5.87. The third-order valence-corrected chi connectivity index (χ3v) is 8.82. The predicted octanol–water partition coefficient (Wildman–Crippen LogP) is 4.70. The van der Waals surface area contributed by atoms with Crippen molar-refractivity contribution in [2.24, 2.45) is 0 Å². The van der Waals surface area contributed by atoms with Gasteiger partial charge >= 0.3 is 0 Å². The molecule has 0 aliphatic carbocycles. The van der Waals surface area contributed by atoms with E-state index in [1.165, 1.54) is 11.3 Å². The number of hydrogen-bond acceptors (Lipinski definition) is 6. The highest BCUT2D eigenvalue weighted by Gasteiger charge is 2.32. The Bertz CT molecular complexity index is 1490. The Morgan fingerprint density at radius 3 is 2.64 bits per heavy atom. The second-order valence-corrected chi connectivity index (χ2v) is 11.7. The molecule has 0 spiro atoms. The van der Waals surface area contributed by atoms with E-state index in [2.05, 4.69) is 10.4 Å². The maximum absolute atomic E-state index is 13.5. The first-order chi connectivity index (χ1) is 15.7.